The Morgan fingerprint density at radius 3 is 2.19 bits per heavy atom. The zero-order valence-electron chi connectivity index (χ0n) is 14.6. The summed E-state index contributed by atoms with van der Waals surface area (Å²) in [5.74, 6) is 0.921. The quantitative estimate of drug-likeness (QED) is 0.702. The van der Waals surface area contributed by atoms with Gasteiger partial charge in [0.1, 0.15) is 0 Å². The fraction of sp³-hybridized carbons (Fsp3) is 1.00. The third kappa shape index (κ3) is 6.28. The van der Waals surface area contributed by atoms with E-state index in [4.69, 9.17) is 4.74 Å². The van der Waals surface area contributed by atoms with Crippen LogP contribution < -0.4 is 5.32 Å². The summed E-state index contributed by atoms with van der Waals surface area (Å²) in [5.41, 5.74) is 0.499. The van der Waals surface area contributed by atoms with Crippen LogP contribution in [-0.2, 0) is 4.74 Å². The van der Waals surface area contributed by atoms with Gasteiger partial charge in [0.2, 0.25) is 0 Å². The van der Waals surface area contributed by atoms with Crippen molar-refractivity contribution in [2.24, 2.45) is 11.3 Å². The highest BCUT2D eigenvalue weighted by Crippen LogP contribution is 2.37. The largest absolute Gasteiger partial charge is 0.378 e. The first-order chi connectivity index (χ1) is 10.1. The van der Waals surface area contributed by atoms with Crippen LogP contribution in [0.1, 0.15) is 85.0 Å². The van der Waals surface area contributed by atoms with Crippen LogP contribution in [0.15, 0.2) is 0 Å². The molecule has 0 atom stereocenters. The lowest BCUT2D eigenvalue weighted by Crippen LogP contribution is -2.37. The Labute approximate surface area is 132 Å². The number of rotatable bonds is 6. The molecule has 0 aromatic carbocycles. The van der Waals surface area contributed by atoms with Gasteiger partial charge in [0, 0.05) is 12.6 Å². The third-order valence-electron chi connectivity index (χ3n) is 5.61. The minimum Gasteiger partial charge on any atom is -0.378 e. The number of hydrogen-bond donors (Lipinski definition) is 1. The summed E-state index contributed by atoms with van der Waals surface area (Å²) in [4.78, 5) is 0. The first-order valence-corrected chi connectivity index (χ1v) is 9.40. The van der Waals surface area contributed by atoms with Crippen LogP contribution in [-0.4, -0.2) is 25.3 Å². The lowest BCUT2D eigenvalue weighted by molar-refractivity contribution is 0.0268. The predicted octanol–water partition coefficient (Wildman–Crippen LogP) is 4.92. The van der Waals surface area contributed by atoms with E-state index in [1.54, 1.807) is 0 Å². The van der Waals surface area contributed by atoms with Crippen LogP contribution >= 0.6 is 0 Å². The molecule has 0 saturated heterocycles. The minimum atomic E-state index is 0.499. The summed E-state index contributed by atoms with van der Waals surface area (Å²) in [6.07, 6.45) is 14.0. The van der Waals surface area contributed by atoms with E-state index >= 15 is 0 Å². The SMILES string of the molecule is CC(C)(C)C1CCC(NCCCOC2CCCCC2)CC1. The molecule has 2 rings (SSSR count). The van der Waals surface area contributed by atoms with Gasteiger partial charge in [-0.25, -0.2) is 0 Å². The van der Waals surface area contributed by atoms with Gasteiger partial charge < -0.3 is 10.1 Å². The van der Waals surface area contributed by atoms with Gasteiger partial charge in [0.05, 0.1) is 6.10 Å². The third-order valence-corrected chi connectivity index (χ3v) is 5.61. The fourth-order valence-corrected chi connectivity index (χ4v) is 4.02. The Bertz CT molecular complexity index is 270. The molecule has 0 radical (unpaired) electrons. The van der Waals surface area contributed by atoms with Crippen molar-refractivity contribution >= 4 is 0 Å². The van der Waals surface area contributed by atoms with Crippen molar-refractivity contribution in [1.29, 1.82) is 0 Å². The molecule has 0 aliphatic heterocycles. The molecule has 0 amide bonds. The normalized spacial score (nSPS) is 28.7. The van der Waals surface area contributed by atoms with Gasteiger partial charge in [0.25, 0.3) is 0 Å². The van der Waals surface area contributed by atoms with Crippen molar-refractivity contribution < 1.29 is 4.74 Å². The molecule has 2 nitrogen and oxygen atoms in total. The summed E-state index contributed by atoms with van der Waals surface area (Å²) in [7, 11) is 0. The molecule has 0 heterocycles. The summed E-state index contributed by atoms with van der Waals surface area (Å²) >= 11 is 0. The highest BCUT2D eigenvalue weighted by Gasteiger charge is 2.29. The minimum absolute atomic E-state index is 0.499. The fourth-order valence-electron chi connectivity index (χ4n) is 4.02. The van der Waals surface area contributed by atoms with E-state index in [1.165, 1.54) is 64.2 Å². The molecule has 0 unspecified atom stereocenters. The maximum absolute atomic E-state index is 5.99. The Hall–Kier alpha value is -0.0800. The Morgan fingerprint density at radius 1 is 0.905 bits per heavy atom. The summed E-state index contributed by atoms with van der Waals surface area (Å²) in [5, 5.41) is 3.75. The van der Waals surface area contributed by atoms with Crippen LogP contribution in [0.2, 0.25) is 0 Å². The molecule has 0 aromatic rings. The summed E-state index contributed by atoms with van der Waals surface area (Å²) < 4.78 is 5.99. The van der Waals surface area contributed by atoms with Crippen molar-refractivity contribution in [1.82, 2.24) is 5.32 Å². The molecule has 124 valence electrons. The molecule has 0 spiro atoms. The van der Waals surface area contributed by atoms with Crippen LogP contribution in [0.4, 0.5) is 0 Å². The van der Waals surface area contributed by atoms with Crippen LogP contribution in [0, 0.1) is 11.3 Å². The highest BCUT2D eigenvalue weighted by atomic mass is 16.5. The Kier molecular flexibility index (Phi) is 7.01. The average Bonchev–Trinajstić information content (AvgIpc) is 2.47. The van der Waals surface area contributed by atoms with Crippen molar-refractivity contribution in [3.8, 4) is 0 Å². The topological polar surface area (TPSA) is 21.3 Å². The predicted molar refractivity (Wildman–Crippen MR) is 90.6 cm³/mol. The molecular weight excluding hydrogens is 258 g/mol. The summed E-state index contributed by atoms with van der Waals surface area (Å²) in [6, 6.07) is 0.762. The zero-order valence-corrected chi connectivity index (χ0v) is 14.6. The van der Waals surface area contributed by atoms with Gasteiger partial charge in [-0.3, -0.25) is 0 Å². The standard InChI is InChI=1S/C19H37NO/c1-19(2,3)16-10-12-17(13-11-16)20-14-7-15-21-18-8-5-4-6-9-18/h16-18,20H,4-15H2,1-3H3. The first kappa shape index (κ1) is 17.3. The van der Waals surface area contributed by atoms with Gasteiger partial charge >= 0.3 is 0 Å². The molecule has 2 aliphatic rings. The average molecular weight is 296 g/mol. The van der Waals surface area contributed by atoms with Crippen molar-refractivity contribution in [3.05, 3.63) is 0 Å². The summed E-state index contributed by atoms with van der Waals surface area (Å²) in [6.45, 7) is 9.28. The molecule has 2 fully saturated rings. The molecule has 0 aromatic heterocycles. The van der Waals surface area contributed by atoms with Crippen molar-refractivity contribution in [2.45, 2.75) is 97.1 Å². The van der Waals surface area contributed by atoms with Crippen LogP contribution in [0.5, 0.6) is 0 Å². The van der Waals surface area contributed by atoms with Gasteiger partial charge in [-0.2, -0.15) is 0 Å². The zero-order chi connectivity index (χ0) is 15.1. The van der Waals surface area contributed by atoms with Gasteiger partial charge in [0.15, 0.2) is 0 Å². The van der Waals surface area contributed by atoms with E-state index in [0.29, 0.717) is 11.5 Å². The van der Waals surface area contributed by atoms with Crippen molar-refractivity contribution in [2.75, 3.05) is 13.2 Å². The highest BCUT2D eigenvalue weighted by molar-refractivity contribution is 4.83. The van der Waals surface area contributed by atoms with Crippen molar-refractivity contribution in [3.63, 3.8) is 0 Å². The molecule has 2 saturated carbocycles. The van der Waals surface area contributed by atoms with E-state index in [0.717, 1.165) is 25.1 Å². The Morgan fingerprint density at radius 2 is 1.57 bits per heavy atom. The molecule has 1 N–H and O–H groups in total. The maximum atomic E-state index is 5.99. The van der Waals surface area contributed by atoms with Gasteiger partial charge in [-0.05, 0) is 62.8 Å². The van der Waals surface area contributed by atoms with E-state index in [1.807, 2.05) is 0 Å². The molecule has 0 bridgehead atoms. The van der Waals surface area contributed by atoms with Gasteiger partial charge in [-0.1, -0.05) is 40.0 Å². The smallest absolute Gasteiger partial charge is 0.0575 e. The first-order valence-electron chi connectivity index (χ1n) is 9.40. The second-order valence-corrected chi connectivity index (χ2v) is 8.35. The van der Waals surface area contributed by atoms with Crippen LogP contribution in [0.25, 0.3) is 0 Å². The van der Waals surface area contributed by atoms with Crippen LogP contribution in [0.3, 0.4) is 0 Å². The molecule has 2 heteroatoms. The Balaban J connectivity index is 1.48. The number of hydrogen-bond acceptors (Lipinski definition) is 2. The number of nitrogens with one attached hydrogen (secondary N) is 1. The monoisotopic (exact) mass is 295 g/mol. The molecule has 2 aliphatic carbocycles. The number of ether oxygens (including phenoxy) is 1. The van der Waals surface area contributed by atoms with E-state index in [9.17, 15) is 0 Å². The van der Waals surface area contributed by atoms with E-state index < -0.39 is 0 Å². The second kappa shape index (κ2) is 8.53. The maximum Gasteiger partial charge on any atom is 0.0575 e. The van der Waals surface area contributed by atoms with E-state index in [2.05, 4.69) is 26.1 Å². The lowest BCUT2D eigenvalue weighted by Gasteiger charge is -2.37. The second-order valence-electron chi connectivity index (χ2n) is 8.35. The molecular formula is C19H37NO. The van der Waals surface area contributed by atoms with E-state index in [-0.39, 0.29) is 0 Å². The molecule has 21 heavy (non-hydrogen) atoms. The lowest BCUT2D eigenvalue weighted by atomic mass is 9.71. The van der Waals surface area contributed by atoms with Gasteiger partial charge in [-0.15, -0.1) is 0 Å².